The van der Waals surface area contributed by atoms with Gasteiger partial charge in [0.1, 0.15) is 5.75 Å². The van der Waals surface area contributed by atoms with E-state index in [9.17, 15) is 4.79 Å². The number of benzene rings is 1. The predicted octanol–water partition coefficient (Wildman–Crippen LogP) is 2.34. The fourth-order valence-corrected chi connectivity index (χ4v) is 3.48. The Balaban J connectivity index is 1.39. The molecular formula is C20H31N3O3. The lowest BCUT2D eigenvalue weighted by Crippen LogP contribution is -2.52. The molecule has 0 aliphatic carbocycles. The molecule has 1 atom stereocenters. The number of hydrogen-bond acceptors (Lipinski definition) is 4. The van der Waals surface area contributed by atoms with Gasteiger partial charge in [-0.1, -0.05) is 19.1 Å². The monoisotopic (exact) mass is 361 g/mol. The fraction of sp³-hybridized carbons (Fsp3) is 0.650. The molecule has 1 aromatic rings. The summed E-state index contributed by atoms with van der Waals surface area (Å²) >= 11 is 0. The second-order valence-corrected chi connectivity index (χ2v) is 7.17. The molecule has 0 spiro atoms. The Bertz CT molecular complexity index is 567. The van der Waals surface area contributed by atoms with E-state index in [2.05, 4.69) is 17.1 Å². The van der Waals surface area contributed by atoms with Gasteiger partial charge in [-0.2, -0.15) is 0 Å². The quantitative estimate of drug-likeness (QED) is 0.810. The standard InChI is InChI=1S/C20H31N3O3/c1-2-11-26-19-5-3-4-17(13-19)14-21-20(24)23-9-7-22(8-10-23)15-18-6-12-25-16-18/h3-5,13,18H,2,6-12,14-16H2,1H3,(H,21,24). The first kappa shape index (κ1) is 19.0. The molecule has 144 valence electrons. The van der Waals surface area contributed by atoms with E-state index >= 15 is 0 Å². The zero-order valence-electron chi connectivity index (χ0n) is 15.8. The largest absolute Gasteiger partial charge is 0.494 e. The number of rotatable bonds is 7. The van der Waals surface area contributed by atoms with Crippen LogP contribution in [0, 0.1) is 5.92 Å². The van der Waals surface area contributed by atoms with Gasteiger partial charge >= 0.3 is 6.03 Å². The van der Waals surface area contributed by atoms with Crippen LogP contribution in [0.5, 0.6) is 5.75 Å². The van der Waals surface area contributed by atoms with Gasteiger partial charge in [-0.05, 0) is 36.5 Å². The smallest absolute Gasteiger partial charge is 0.317 e. The number of amides is 2. The van der Waals surface area contributed by atoms with Crippen LogP contribution in [0.2, 0.25) is 0 Å². The van der Waals surface area contributed by atoms with Crippen LogP contribution in [0.15, 0.2) is 24.3 Å². The minimum Gasteiger partial charge on any atom is -0.494 e. The van der Waals surface area contributed by atoms with Gasteiger partial charge in [0.25, 0.3) is 0 Å². The minimum atomic E-state index is 0.0220. The number of carbonyl (C=O) groups excluding carboxylic acids is 1. The molecule has 6 nitrogen and oxygen atoms in total. The average Bonchev–Trinajstić information content (AvgIpc) is 3.18. The molecule has 2 saturated heterocycles. The van der Waals surface area contributed by atoms with Crippen molar-refractivity contribution in [1.29, 1.82) is 0 Å². The third-order valence-electron chi connectivity index (χ3n) is 5.01. The van der Waals surface area contributed by atoms with Gasteiger partial charge in [-0.25, -0.2) is 4.79 Å². The van der Waals surface area contributed by atoms with Gasteiger partial charge in [0, 0.05) is 45.9 Å². The molecule has 1 N–H and O–H groups in total. The summed E-state index contributed by atoms with van der Waals surface area (Å²) in [7, 11) is 0. The van der Waals surface area contributed by atoms with Crippen LogP contribution in [0.25, 0.3) is 0 Å². The van der Waals surface area contributed by atoms with Gasteiger partial charge in [-0.15, -0.1) is 0 Å². The molecule has 3 rings (SSSR count). The lowest BCUT2D eigenvalue weighted by Gasteiger charge is -2.35. The molecule has 0 bridgehead atoms. The van der Waals surface area contributed by atoms with Crippen LogP contribution in [0.4, 0.5) is 4.79 Å². The first-order valence-electron chi connectivity index (χ1n) is 9.79. The Labute approximate surface area is 156 Å². The van der Waals surface area contributed by atoms with E-state index in [4.69, 9.17) is 9.47 Å². The Kier molecular flexibility index (Phi) is 7.14. The van der Waals surface area contributed by atoms with Gasteiger partial charge in [0.2, 0.25) is 0 Å². The van der Waals surface area contributed by atoms with Crippen LogP contribution >= 0.6 is 0 Å². The number of carbonyl (C=O) groups is 1. The Morgan fingerprint density at radius 3 is 2.88 bits per heavy atom. The summed E-state index contributed by atoms with van der Waals surface area (Å²) < 4.78 is 11.1. The van der Waals surface area contributed by atoms with Gasteiger partial charge < -0.3 is 19.7 Å². The molecule has 6 heteroatoms. The number of ether oxygens (including phenoxy) is 2. The van der Waals surface area contributed by atoms with E-state index in [0.29, 0.717) is 19.1 Å². The zero-order chi connectivity index (χ0) is 18.2. The van der Waals surface area contributed by atoms with Gasteiger partial charge in [-0.3, -0.25) is 4.90 Å². The Morgan fingerprint density at radius 2 is 2.15 bits per heavy atom. The zero-order valence-corrected chi connectivity index (χ0v) is 15.8. The normalized spacial score (nSPS) is 21.0. The molecule has 0 saturated carbocycles. The number of piperazine rings is 1. The highest BCUT2D eigenvalue weighted by Crippen LogP contribution is 2.16. The molecular weight excluding hydrogens is 330 g/mol. The van der Waals surface area contributed by atoms with Gasteiger partial charge in [0.15, 0.2) is 0 Å². The van der Waals surface area contributed by atoms with Crippen molar-refractivity contribution in [1.82, 2.24) is 15.1 Å². The topological polar surface area (TPSA) is 54.0 Å². The molecule has 26 heavy (non-hydrogen) atoms. The van der Waals surface area contributed by atoms with E-state index in [1.165, 1.54) is 6.42 Å². The predicted molar refractivity (Wildman–Crippen MR) is 101 cm³/mol. The first-order valence-corrected chi connectivity index (χ1v) is 9.79. The molecule has 1 unspecified atom stereocenters. The van der Waals surface area contributed by atoms with Crippen molar-refractivity contribution in [2.45, 2.75) is 26.3 Å². The number of nitrogens with zero attached hydrogens (tertiary/aromatic N) is 2. The first-order chi connectivity index (χ1) is 12.7. The maximum absolute atomic E-state index is 12.4. The maximum Gasteiger partial charge on any atom is 0.317 e. The Morgan fingerprint density at radius 1 is 1.31 bits per heavy atom. The second-order valence-electron chi connectivity index (χ2n) is 7.17. The van der Waals surface area contributed by atoms with Gasteiger partial charge in [0.05, 0.1) is 13.2 Å². The summed E-state index contributed by atoms with van der Waals surface area (Å²) in [4.78, 5) is 16.8. The average molecular weight is 361 g/mol. The minimum absolute atomic E-state index is 0.0220. The molecule has 2 fully saturated rings. The van der Waals surface area contributed by atoms with Crippen LogP contribution in [0.3, 0.4) is 0 Å². The molecule has 2 heterocycles. The third kappa shape index (κ3) is 5.61. The molecule has 1 aromatic carbocycles. The fourth-order valence-electron chi connectivity index (χ4n) is 3.48. The summed E-state index contributed by atoms with van der Waals surface area (Å²) in [5.41, 5.74) is 1.06. The summed E-state index contributed by atoms with van der Waals surface area (Å²) in [5.74, 6) is 1.53. The molecule has 2 aliphatic heterocycles. The second kappa shape index (κ2) is 9.78. The van der Waals surface area contributed by atoms with Crippen molar-refractivity contribution in [2.75, 3.05) is 52.5 Å². The highest BCUT2D eigenvalue weighted by molar-refractivity contribution is 5.74. The SMILES string of the molecule is CCCOc1cccc(CNC(=O)N2CCN(CC3CCOC3)CC2)c1. The van der Waals surface area contributed by atoms with Crippen molar-refractivity contribution in [3.8, 4) is 5.75 Å². The highest BCUT2D eigenvalue weighted by Gasteiger charge is 2.24. The summed E-state index contributed by atoms with van der Waals surface area (Å²) in [5, 5.41) is 3.03. The summed E-state index contributed by atoms with van der Waals surface area (Å²) in [6.45, 7) is 9.70. The van der Waals surface area contributed by atoms with E-state index in [1.54, 1.807) is 0 Å². The highest BCUT2D eigenvalue weighted by atomic mass is 16.5. The lowest BCUT2D eigenvalue weighted by atomic mass is 10.1. The van der Waals surface area contributed by atoms with E-state index in [-0.39, 0.29) is 6.03 Å². The van der Waals surface area contributed by atoms with Crippen molar-refractivity contribution in [3.05, 3.63) is 29.8 Å². The lowest BCUT2D eigenvalue weighted by molar-refractivity contribution is 0.119. The van der Waals surface area contributed by atoms with Crippen molar-refractivity contribution >= 4 is 6.03 Å². The van der Waals surface area contributed by atoms with Crippen molar-refractivity contribution in [2.24, 2.45) is 5.92 Å². The summed E-state index contributed by atoms with van der Waals surface area (Å²) in [6, 6.07) is 7.96. The Hall–Kier alpha value is -1.79. The number of hydrogen-bond donors (Lipinski definition) is 1. The van der Waals surface area contributed by atoms with Crippen LogP contribution in [0.1, 0.15) is 25.3 Å². The number of urea groups is 1. The van der Waals surface area contributed by atoms with E-state index < -0.39 is 0 Å². The van der Waals surface area contributed by atoms with Crippen LogP contribution in [-0.4, -0.2) is 68.4 Å². The van der Waals surface area contributed by atoms with Crippen molar-refractivity contribution in [3.63, 3.8) is 0 Å². The number of nitrogens with one attached hydrogen (secondary N) is 1. The molecule has 0 radical (unpaired) electrons. The van der Waals surface area contributed by atoms with Crippen LogP contribution in [-0.2, 0) is 11.3 Å². The third-order valence-corrected chi connectivity index (χ3v) is 5.01. The molecule has 0 aromatic heterocycles. The van der Waals surface area contributed by atoms with Crippen molar-refractivity contribution < 1.29 is 14.3 Å². The summed E-state index contributed by atoms with van der Waals surface area (Å²) in [6.07, 6.45) is 2.16. The van der Waals surface area contributed by atoms with Crippen LogP contribution < -0.4 is 10.1 Å². The maximum atomic E-state index is 12.4. The van der Waals surface area contributed by atoms with E-state index in [1.807, 2.05) is 29.2 Å². The molecule has 2 aliphatic rings. The molecule has 2 amide bonds. The van der Waals surface area contributed by atoms with E-state index in [0.717, 1.165) is 63.7 Å².